The molecule has 1 saturated heterocycles. The van der Waals surface area contributed by atoms with E-state index in [1.807, 2.05) is 0 Å². The first-order valence-electron chi connectivity index (χ1n) is 5.37. The van der Waals surface area contributed by atoms with Crippen LogP contribution in [-0.4, -0.2) is 37.5 Å². The van der Waals surface area contributed by atoms with Gasteiger partial charge in [-0.05, 0) is 31.3 Å². The summed E-state index contributed by atoms with van der Waals surface area (Å²) < 4.78 is 0. The van der Waals surface area contributed by atoms with Gasteiger partial charge in [-0.1, -0.05) is 13.8 Å². The van der Waals surface area contributed by atoms with Gasteiger partial charge >= 0.3 is 0 Å². The summed E-state index contributed by atoms with van der Waals surface area (Å²) in [4.78, 5) is 13.2. The van der Waals surface area contributed by atoms with Gasteiger partial charge in [-0.2, -0.15) is 0 Å². The van der Waals surface area contributed by atoms with E-state index in [9.17, 15) is 4.79 Å². The number of piperidine rings is 1. The molecule has 1 fully saturated rings. The van der Waals surface area contributed by atoms with E-state index >= 15 is 0 Å². The second-order valence-electron chi connectivity index (χ2n) is 4.98. The molecular formula is C11H22N2O. The molecule has 1 rings (SSSR count). The van der Waals surface area contributed by atoms with Crippen molar-refractivity contribution in [2.75, 3.05) is 26.7 Å². The number of nitrogens with one attached hydrogen (secondary N) is 1. The lowest BCUT2D eigenvalue weighted by Crippen LogP contribution is -2.48. The van der Waals surface area contributed by atoms with Crippen LogP contribution in [0.5, 0.6) is 0 Å². The van der Waals surface area contributed by atoms with Gasteiger partial charge in [-0.15, -0.1) is 0 Å². The molecule has 82 valence electrons. The zero-order chi connectivity index (χ0) is 10.8. The largest absolute Gasteiger partial charge is 0.356 e. The van der Waals surface area contributed by atoms with Crippen molar-refractivity contribution in [1.82, 2.24) is 10.2 Å². The van der Waals surface area contributed by atoms with Gasteiger partial charge in [0.05, 0.1) is 0 Å². The lowest BCUT2D eigenvalue weighted by molar-refractivity contribution is -0.119. The van der Waals surface area contributed by atoms with E-state index in [0.29, 0.717) is 5.92 Å². The summed E-state index contributed by atoms with van der Waals surface area (Å²) in [6.07, 6.45) is 1.17. The van der Waals surface area contributed by atoms with Gasteiger partial charge in [0.25, 0.3) is 0 Å². The van der Waals surface area contributed by atoms with Gasteiger partial charge in [-0.3, -0.25) is 4.79 Å². The third-order valence-corrected chi connectivity index (χ3v) is 3.58. The minimum atomic E-state index is 0.0809. The predicted octanol–water partition coefficient (Wildman–Crippen LogP) is 1.10. The van der Waals surface area contributed by atoms with Crippen LogP contribution in [0.3, 0.4) is 0 Å². The van der Waals surface area contributed by atoms with Crippen molar-refractivity contribution >= 4 is 5.91 Å². The molecule has 1 amide bonds. The zero-order valence-corrected chi connectivity index (χ0v) is 9.76. The van der Waals surface area contributed by atoms with Crippen LogP contribution in [0.25, 0.3) is 0 Å². The summed E-state index contributed by atoms with van der Waals surface area (Å²) in [7, 11) is 2.16. The zero-order valence-electron chi connectivity index (χ0n) is 9.76. The summed E-state index contributed by atoms with van der Waals surface area (Å²) in [6, 6.07) is 0. The Morgan fingerprint density at radius 3 is 2.79 bits per heavy atom. The molecular weight excluding hydrogens is 176 g/mol. The maximum absolute atomic E-state index is 10.9. The number of rotatable bonds is 2. The molecule has 14 heavy (non-hydrogen) atoms. The topological polar surface area (TPSA) is 32.3 Å². The third-order valence-electron chi connectivity index (χ3n) is 3.58. The molecule has 3 heteroatoms. The Kier molecular flexibility index (Phi) is 3.53. The molecule has 0 saturated carbocycles. The van der Waals surface area contributed by atoms with Gasteiger partial charge in [0.1, 0.15) is 0 Å². The van der Waals surface area contributed by atoms with Crippen molar-refractivity contribution in [2.24, 2.45) is 11.3 Å². The van der Waals surface area contributed by atoms with E-state index in [1.165, 1.54) is 6.42 Å². The van der Waals surface area contributed by atoms with Crippen LogP contribution in [0.1, 0.15) is 27.2 Å². The summed E-state index contributed by atoms with van der Waals surface area (Å²) in [5.74, 6) is 0.727. The molecule has 0 bridgehead atoms. The molecule has 0 aliphatic carbocycles. The molecule has 0 radical (unpaired) electrons. The Morgan fingerprint density at radius 1 is 1.64 bits per heavy atom. The fraction of sp³-hybridized carbons (Fsp3) is 0.909. The number of hydrogen-bond donors (Lipinski definition) is 1. The molecule has 3 nitrogen and oxygen atoms in total. The number of hydrogen-bond acceptors (Lipinski definition) is 2. The maximum atomic E-state index is 10.9. The Labute approximate surface area is 86.9 Å². The van der Waals surface area contributed by atoms with Crippen LogP contribution >= 0.6 is 0 Å². The van der Waals surface area contributed by atoms with Crippen LogP contribution in [0.15, 0.2) is 0 Å². The number of carbonyl (C=O) groups is 1. The standard InChI is InChI=1S/C11H22N2O/c1-9-7-13(4)6-5-11(9,3)8-12-10(2)14/h9H,5-8H2,1-4H3,(H,12,14)/t9-,11-/m1/s1. The predicted molar refractivity (Wildman–Crippen MR) is 58.1 cm³/mol. The molecule has 0 spiro atoms. The minimum absolute atomic E-state index is 0.0809. The molecule has 1 heterocycles. The van der Waals surface area contributed by atoms with E-state index in [2.05, 4.69) is 31.1 Å². The Hall–Kier alpha value is -0.570. The van der Waals surface area contributed by atoms with E-state index < -0.39 is 0 Å². The van der Waals surface area contributed by atoms with E-state index in [1.54, 1.807) is 6.92 Å². The highest BCUT2D eigenvalue weighted by molar-refractivity contribution is 5.72. The van der Waals surface area contributed by atoms with Gasteiger partial charge in [0.15, 0.2) is 0 Å². The fourth-order valence-corrected chi connectivity index (χ4v) is 2.06. The average Bonchev–Trinajstić information content (AvgIpc) is 2.09. The van der Waals surface area contributed by atoms with Crippen molar-refractivity contribution < 1.29 is 4.79 Å². The highest BCUT2D eigenvalue weighted by Crippen LogP contribution is 2.34. The Balaban J connectivity index is 2.50. The highest BCUT2D eigenvalue weighted by atomic mass is 16.1. The lowest BCUT2D eigenvalue weighted by Gasteiger charge is -2.43. The van der Waals surface area contributed by atoms with Crippen LogP contribution in [-0.2, 0) is 4.79 Å². The van der Waals surface area contributed by atoms with Crippen LogP contribution in [0.2, 0.25) is 0 Å². The molecule has 0 unspecified atom stereocenters. The number of carbonyl (C=O) groups excluding carboxylic acids is 1. The van der Waals surface area contributed by atoms with Crippen LogP contribution in [0, 0.1) is 11.3 Å². The van der Waals surface area contributed by atoms with Crippen molar-refractivity contribution in [3.8, 4) is 0 Å². The first-order valence-corrected chi connectivity index (χ1v) is 5.37. The minimum Gasteiger partial charge on any atom is -0.356 e. The Bertz CT molecular complexity index is 217. The average molecular weight is 198 g/mol. The van der Waals surface area contributed by atoms with Gasteiger partial charge < -0.3 is 10.2 Å². The first kappa shape index (κ1) is 11.5. The second kappa shape index (κ2) is 4.30. The lowest BCUT2D eigenvalue weighted by atomic mass is 9.72. The molecule has 2 atom stereocenters. The normalized spacial score (nSPS) is 34.1. The van der Waals surface area contributed by atoms with Gasteiger partial charge in [-0.25, -0.2) is 0 Å². The number of amides is 1. The smallest absolute Gasteiger partial charge is 0.216 e. The Morgan fingerprint density at radius 2 is 2.29 bits per heavy atom. The SMILES string of the molecule is CC(=O)NC[C@@]1(C)CCN(C)C[C@H]1C. The quantitative estimate of drug-likeness (QED) is 0.720. The number of likely N-dealkylation sites (tertiary alicyclic amines) is 1. The fourth-order valence-electron chi connectivity index (χ4n) is 2.06. The maximum Gasteiger partial charge on any atom is 0.216 e. The van der Waals surface area contributed by atoms with E-state index in [4.69, 9.17) is 0 Å². The van der Waals surface area contributed by atoms with Crippen molar-refractivity contribution in [3.05, 3.63) is 0 Å². The molecule has 0 aromatic carbocycles. The molecule has 1 N–H and O–H groups in total. The third kappa shape index (κ3) is 2.71. The molecule has 1 aliphatic rings. The van der Waals surface area contributed by atoms with Gasteiger partial charge in [0.2, 0.25) is 5.91 Å². The second-order valence-corrected chi connectivity index (χ2v) is 4.98. The monoisotopic (exact) mass is 198 g/mol. The van der Waals surface area contributed by atoms with Crippen LogP contribution in [0.4, 0.5) is 0 Å². The van der Waals surface area contributed by atoms with Gasteiger partial charge in [0, 0.05) is 20.0 Å². The summed E-state index contributed by atoms with van der Waals surface area (Å²) in [5.41, 5.74) is 0.276. The van der Waals surface area contributed by atoms with Crippen molar-refractivity contribution in [3.63, 3.8) is 0 Å². The number of nitrogens with zero attached hydrogens (tertiary/aromatic N) is 1. The molecule has 0 aromatic heterocycles. The summed E-state index contributed by atoms with van der Waals surface area (Å²) in [6.45, 7) is 9.23. The molecule has 1 aliphatic heterocycles. The first-order chi connectivity index (χ1) is 6.44. The highest BCUT2D eigenvalue weighted by Gasteiger charge is 2.35. The summed E-state index contributed by atoms with van der Waals surface area (Å²) in [5, 5.41) is 2.94. The van der Waals surface area contributed by atoms with Crippen LogP contribution < -0.4 is 5.32 Å². The molecule has 0 aromatic rings. The van der Waals surface area contributed by atoms with E-state index in [-0.39, 0.29) is 11.3 Å². The van der Waals surface area contributed by atoms with E-state index in [0.717, 1.165) is 19.6 Å². The summed E-state index contributed by atoms with van der Waals surface area (Å²) >= 11 is 0. The van der Waals surface area contributed by atoms with Crippen molar-refractivity contribution in [2.45, 2.75) is 27.2 Å². The van der Waals surface area contributed by atoms with Crippen molar-refractivity contribution in [1.29, 1.82) is 0 Å².